The smallest absolute Gasteiger partial charge is 0.208 e. The van der Waals surface area contributed by atoms with E-state index in [1.165, 1.54) is 5.52 Å². The second kappa shape index (κ2) is 6.47. The molecule has 0 saturated carbocycles. The van der Waals surface area contributed by atoms with Crippen molar-refractivity contribution in [3.63, 3.8) is 0 Å². The van der Waals surface area contributed by atoms with Crippen LogP contribution in [0.1, 0.15) is 6.92 Å². The van der Waals surface area contributed by atoms with Crippen molar-refractivity contribution in [1.82, 2.24) is 19.4 Å². The average Bonchev–Trinajstić information content (AvgIpc) is 2.99. The molecular formula is C17H25N5O. The molecule has 6 nitrogen and oxygen atoms in total. The Balaban J connectivity index is 1.57. The number of hydrogen-bond donors (Lipinski definition) is 0. The van der Waals surface area contributed by atoms with Gasteiger partial charge in [0.25, 0.3) is 0 Å². The lowest BCUT2D eigenvalue weighted by Gasteiger charge is -2.38. The molecule has 0 N–H and O–H groups in total. The molecule has 1 saturated heterocycles. The zero-order chi connectivity index (χ0) is 15.6. The van der Waals surface area contributed by atoms with Gasteiger partial charge in [-0.15, -0.1) is 0 Å². The summed E-state index contributed by atoms with van der Waals surface area (Å²) in [6.07, 6.45) is 0. The monoisotopic (exact) mass is 315 g/mol. The van der Waals surface area contributed by atoms with E-state index in [4.69, 9.17) is 9.72 Å². The van der Waals surface area contributed by atoms with Crippen molar-refractivity contribution in [1.29, 1.82) is 0 Å². The first kappa shape index (κ1) is 14.9. The Morgan fingerprint density at radius 1 is 1.04 bits per heavy atom. The molecule has 23 heavy (non-hydrogen) atoms. The minimum absolute atomic E-state index is 0.861. The normalized spacial score (nSPS) is 20.1. The lowest BCUT2D eigenvalue weighted by Crippen LogP contribution is -2.48. The molecular weight excluding hydrogens is 290 g/mol. The Bertz CT molecular complexity index is 664. The molecule has 0 bridgehead atoms. The van der Waals surface area contributed by atoms with Crippen molar-refractivity contribution >= 4 is 17.0 Å². The quantitative estimate of drug-likeness (QED) is 0.853. The van der Waals surface area contributed by atoms with Crippen LogP contribution in [0.15, 0.2) is 24.3 Å². The zero-order valence-electron chi connectivity index (χ0n) is 13.8. The van der Waals surface area contributed by atoms with Crippen molar-refractivity contribution in [2.45, 2.75) is 13.6 Å². The Labute approximate surface area is 137 Å². The van der Waals surface area contributed by atoms with Gasteiger partial charge in [-0.25, -0.2) is 4.98 Å². The molecule has 0 radical (unpaired) electrons. The summed E-state index contributed by atoms with van der Waals surface area (Å²) in [7, 11) is 0. The number of rotatable bonds is 4. The first-order valence-corrected chi connectivity index (χ1v) is 8.58. The molecule has 2 aromatic rings. The topological polar surface area (TPSA) is 36.8 Å². The Morgan fingerprint density at radius 3 is 2.70 bits per heavy atom. The zero-order valence-corrected chi connectivity index (χ0v) is 13.8. The Kier molecular flexibility index (Phi) is 4.20. The van der Waals surface area contributed by atoms with E-state index in [2.05, 4.69) is 50.5 Å². The fraction of sp³-hybridized carbons (Fsp3) is 0.588. The molecule has 0 aliphatic carbocycles. The van der Waals surface area contributed by atoms with E-state index in [1.807, 2.05) is 0 Å². The largest absolute Gasteiger partial charge is 0.379 e. The maximum Gasteiger partial charge on any atom is 0.208 e. The van der Waals surface area contributed by atoms with Gasteiger partial charge in [-0.05, 0) is 18.7 Å². The summed E-state index contributed by atoms with van der Waals surface area (Å²) >= 11 is 0. The summed E-state index contributed by atoms with van der Waals surface area (Å²) in [5, 5.41) is 0. The first-order chi connectivity index (χ1) is 11.3. The molecule has 2 aliphatic heterocycles. The van der Waals surface area contributed by atoms with Gasteiger partial charge in [0, 0.05) is 26.2 Å². The van der Waals surface area contributed by atoms with Gasteiger partial charge >= 0.3 is 0 Å². The van der Waals surface area contributed by atoms with Crippen molar-refractivity contribution in [2.75, 3.05) is 57.5 Å². The number of anilines is 1. The van der Waals surface area contributed by atoms with E-state index in [0.29, 0.717) is 0 Å². The van der Waals surface area contributed by atoms with Crippen LogP contribution in [0.5, 0.6) is 0 Å². The number of imidazole rings is 1. The van der Waals surface area contributed by atoms with Crippen molar-refractivity contribution in [3.05, 3.63) is 24.3 Å². The van der Waals surface area contributed by atoms with Gasteiger partial charge in [0.2, 0.25) is 5.95 Å². The van der Waals surface area contributed by atoms with Crippen molar-refractivity contribution < 1.29 is 4.74 Å². The highest BCUT2D eigenvalue weighted by Crippen LogP contribution is 2.26. The number of morpholine rings is 1. The number of nitrogens with zero attached hydrogens (tertiary/aromatic N) is 5. The molecule has 1 aromatic heterocycles. The van der Waals surface area contributed by atoms with Crippen LogP contribution in [-0.2, 0) is 11.4 Å². The molecule has 0 spiro atoms. The number of hydrogen-bond acceptors (Lipinski definition) is 5. The molecule has 1 aromatic carbocycles. The standard InChI is InChI=1S/C17H25N5O/c1-2-19-13-21(8-7-20-9-11-23-12-10-20)17-18-15-5-3-4-6-16(15)22(17)14-19/h3-6H,2,7-14H2,1H3. The lowest BCUT2D eigenvalue weighted by molar-refractivity contribution is 0.0385. The summed E-state index contributed by atoms with van der Waals surface area (Å²) in [5.74, 6) is 1.11. The van der Waals surface area contributed by atoms with Gasteiger partial charge in [-0.3, -0.25) is 14.4 Å². The minimum Gasteiger partial charge on any atom is -0.379 e. The molecule has 0 unspecified atom stereocenters. The van der Waals surface area contributed by atoms with Gasteiger partial charge in [-0.1, -0.05) is 19.1 Å². The number of benzene rings is 1. The molecule has 6 heteroatoms. The summed E-state index contributed by atoms with van der Waals surface area (Å²) in [6, 6.07) is 8.44. The van der Waals surface area contributed by atoms with Crippen LogP contribution in [0.2, 0.25) is 0 Å². The molecule has 2 aliphatic rings. The summed E-state index contributed by atoms with van der Waals surface area (Å²) in [5.41, 5.74) is 2.33. The van der Waals surface area contributed by atoms with E-state index < -0.39 is 0 Å². The third-order valence-corrected chi connectivity index (χ3v) is 4.87. The molecule has 0 atom stereocenters. The van der Waals surface area contributed by atoms with E-state index in [0.717, 1.165) is 70.7 Å². The maximum absolute atomic E-state index is 5.44. The van der Waals surface area contributed by atoms with E-state index >= 15 is 0 Å². The highest BCUT2D eigenvalue weighted by molar-refractivity contribution is 5.79. The van der Waals surface area contributed by atoms with E-state index in [-0.39, 0.29) is 0 Å². The number of para-hydroxylation sites is 2. The van der Waals surface area contributed by atoms with Crippen LogP contribution in [0.25, 0.3) is 11.0 Å². The molecule has 124 valence electrons. The summed E-state index contributed by atoms with van der Waals surface area (Å²) in [6.45, 7) is 11.1. The molecule has 3 heterocycles. The van der Waals surface area contributed by atoms with Crippen LogP contribution < -0.4 is 4.90 Å². The van der Waals surface area contributed by atoms with Crippen LogP contribution >= 0.6 is 0 Å². The SMILES string of the molecule is CCN1CN(CCN2CCOCC2)c2nc3ccccc3n2C1. The first-order valence-electron chi connectivity index (χ1n) is 8.58. The van der Waals surface area contributed by atoms with Gasteiger partial charge in [0.05, 0.1) is 37.6 Å². The number of aromatic nitrogens is 2. The minimum atomic E-state index is 0.861. The highest BCUT2D eigenvalue weighted by Gasteiger charge is 2.25. The second-order valence-corrected chi connectivity index (χ2v) is 6.32. The van der Waals surface area contributed by atoms with Crippen LogP contribution in [0.4, 0.5) is 5.95 Å². The van der Waals surface area contributed by atoms with Crippen LogP contribution in [0, 0.1) is 0 Å². The molecule has 0 amide bonds. The van der Waals surface area contributed by atoms with Crippen molar-refractivity contribution in [2.24, 2.45) is 0 Å². The number of fused-ring (bicyclic) bond motifs is 3. The Hall–Kier alpha value is -1.63. The molecule has 4 rings (SSSR count). The fourth-order valence-corrected chi connectivity index (χ4v) is 3.45. The van der Waals surface area contributed by atoms with E-state index in [9.17, 15) is 0 Å². The van der Waals surface area contributed by atoms with Crippen LogP contribution in [-0.4, -0.2) is 72.0 Å². The Morgan fingerprint density at radius 2 is 1.87 bits per heavy atom. The van der Waals surface area contributed by atoms with Crippen molar-refractivity contribution in [3.8, 4) is 0 Å². The predicted molar refractivity (Wildman–Crippen MR) is 91.6 cm³/mol. The predicted octanol–water partition coefficient (Wildman–Crippen LogP) is 1.43. The maximum atomic E-state index is 5.44. The average molecular weight is 315 g/mol. The van der Waals surface area contributed by atoms with E-state index in [1.54, 1.807) is 0 Å². The van der Waals surface area contributed by atoms with Gasteiger partial charge in [-0.2, -0.15) is 0 Å². The number of ether oxygens (including phenoxy) is 1. The van der Waals surface area contributed by atoms with Crippen LogP contribution in [0.3, 0.4) is 0 Å². The third-order valence-electron chi connectivity index (χ3n) is 4.87. The van der Waals surface area contributed by atoms with Gasteiger partial charge < -0.3 is 9.64 Å². The lowest BCUT2D eigenvalue weighted by atomic mass is 10.3. The third kappa shape index (κ3) is 2.94. The summed E-state index contributed by atoms with van der Waals surface area (Å²) in [4.78, 5) is 12.3. The summed E-state index contributed by atoms with van der Waals surface area (Å²) < 4.78 is 7.79. The van der Waals surface area contributed by atoms with Gasteiger partial charge in [0.15, 0.2) is 0 Å². The highest BCUT2D eigenvalue weighted by atomic mass is 16.5. The molecule has 1 fully saturated rings. The second-order valence-electron chi connectivity index (χ2n) is 6.32. The fourth-order valence-electron chi connectivity index (χ4n) is 3.45. The van der Waals surface area contributed by atoms with Gasteiger partial charge in [0.1, 0.15) is 0 Å².